The minimum Gasteiger partial charge on any atom is -0.376 e. The molecule has 0 spiro atoms. The van der Waals surface area contributed by atoms with E-state index in [4.69, 9.17) is 9.73 Å². The molecule has 0 bridgehead atoms. The molecule has 2 aromatic rings. The molecule has 1 amide bonds. The van der Waals surface area contributed by atoms with Crippen molar-refractivity contribution in [1.82, 2.24) is 15.5 Å². The number of carbonyl (C=O) groups excluding carboxylic acids is 1. The monoisotopic (exact) mass is 536 g/mol. The summed E-state index contributed by atoms with van der Waals surface area (Å²) in [6.07, 6.45) is 1.11. The number of halogens is 1. The molecule has 6 nitrogen and oxygen atoms in total. The van der Waals surface area contributed by atoms with Crippen LogP contribution in [0.25, 0.3) is 0 Å². The van der Waals surface area contributed by atoms with Crippen molar-refractivity contribution in [1.29, 1.82) is 0 Å². The highest BCUT2D eigenvalue weighted by atomic mass is 127. The van der Waals surface area contributed by atoms with Gasteiger partial charge in [0, 0.05) is 38.2 Å². The highest BCUT2D eigenvalue weighted by molar-refractivity contribution is 14.0. The van der Waals surface area contributed by atoms with Crippen LogP contribution < -0.4 is 10.6 Å². The average molecular weight is 536 g/mol. The molecular formula is C24H33IN4O2. The number of hydrogen-bond donors (Lipinski definition) is 2. The lowest BCUT2D eigenvalue weighted by atomic mass is 10.1. The van der Waals surface area contributed by atoms with Crippen molar-refractivity contribution in [2.24, 2.45) is 10.9 Å². The normalized spacial score (nSPS) is 16.0. The minimum absolute atomic E-state index is 0. The summed E-state index contributed by atoms with van der Waals surface area (Å²) in [6.45, 7) is 6.88. The summed E-state index contributed by atoms with van der Waals surface area (Å²) in [5, 5.41) is 6.05. The second-order valence-corrected chi connectivity index (χ2v) is 7.55. The third-order valence-electron chi connectivity index (χ3n) is 5.24. The van der Waals surface area contributed by atoms with Gasteiger partial charge in [-0.2, -0.15) is 0 Å². The van der Waals surface area contributed by atoms with Crippen LogP contribution in [0.15, 0.2) is 59.6 Å². The molecule has 1 unspecified atom stereocenters. The van der Waals surface area contributed by atoms with Gasteiger partial charge in [0.25, 0.3) is 5.91 Å². The number of amides is 1. The Balaban J connectivity index is 0.00000341. The molecule has 1 heterocycles. The highest BCUT2D eigenvalue weighted by Gasteiger charge is 2.25. The van der Waals surface area contributed by atoms with Gasteiger partial charge in [0.1, 0.15) is 0 Å². The van der Waals surface area contributed by atoms with Crippen LogP contribution in [0.5, 0.6) is 0 Å². The quantitative estimate of drug-likeness (QED) is 0.307. The smallest absolute Gasteiger partial charge is 0.251 e. The maximum absolute atomic E-state index is 11.7. The number of benzene rings is 2. The Labute approximate surface area is 202 Å². The number of hydrogen-bond acceptors (Lipinski definition) is 3. The van der Waals surface area contributed by atoms with Crippen molar-refractivity contribution in [2.75, 3.05) is 33.3 Å². The van der Waals surface area contributed by atoms with Gasteiger partial charge in [-0.3, -0.25) is 4.79 Å². The summed E-state index contributed by atoms with van der Waals surface area (Å²) < 4.78 is 5.94. The summed E-state index contributed by atoms with van der Waals surface area (Å²) in [4.78, 5) is 18.8. The zero-order valence-electron chi connectivity index (χ0n) is 18.3. The third-order valence-corrected chi connectivity index (χ3v) is 5.24. The summed E-state index contributed by atoms with van der Waals surface area (Å²) >= 11 is 0. The first-order valence-electron chi connectivity index (χ1n) is 10.7. The minimum atomic E-state index is -0.0732. The molecule has 0 aliphatic carbocycles. The van der Waals surface area contributed by atoms with Crippen molar-refractivity contribution < 1.29 is 9.53 Å². The summed E-state index contributed by atoms with van der Waals surface area (Å²) in [7, 11) is 1.64. The van der Waals surface area contributed by atoms with Gasteiger partial charge in [0.2, 0.25) is 0 Å². The fourth-order valence-electron chi connectivity index (χ4n) is 3.58. The second kappa shape index (κ2) is 13.3. The number of ether oxygens (including phenoxy) is 1. The molecule has 2 N–H and O–H groups in total. The molecule has 1 atom stereocenters. The van der Waals surface area contributed by atoms with Crippen LogP contribution >= 0.6 is 24.0 Å². The molecular weight excluding hydrogens is 503 g/mol. The lowest BCUT2D eigenvalue weighted by Gasteiger charge is -2.21. The molecule has 1 aliphatic heterocycles. The van der Waals surface area contributed by atoms with Gasteiger partial charge in [0.05, 0.1) is 19.8 Å². The van der Waals surface area contributed by atoms with Crippen molar-refractivity contribution in [3.8, 4) is 0 Å². The van der Waals surface area contributed by atoms with Crippen LogP contribution in [0.4, 0.5) is 0 Å². The molecule has 31 heavy (non-hydrogen) atoms. The maximum atomic E-state index is 11.7. The van der Waals surface area contributed by atoms with E-state index >= 15 is 0 Å². The van der Waals surface area contributed by atoms with Crippen molar-refractivity contribution in [3.05, 3.63) is 71.3 Å². The molecule has 0 aromatic heterocycles. The standard InChI is InChI=1S/C24H32N4O2.HI/c1-3-26-24(27-15-19-9-11-22(12-10-19)23(29)25-2)28-14-13-21(16-28)18-30-17-20-7-5-4-6-8-20;/h4-12,21H,3,13-18H2,1-2H3,(H,25,29)(H,26,27);1H. The molecule has 3 rings (SSSR count). The number of rotatable bonds is 8. The van der Waals surface area contributed by atoms with E-state index in [1.165, 1.54) is 5.56 Å². The van der Waals surface area contributed by atoms with Gasteiger partial charge < -0.3 is 20.3 Å². The van der Waals surface area contributed by atoms with E-state index in [2.05, 4.69) is 34.6 Å². The highest BCUT2D eigenvalue weighted by Crippen LogP contribution is 2.18. The topological polar surface area (TPSA) is 66.0 Å². The van der Waals surface area contributed by atoms with Crippen molar-refractivity contribution in [2.45, 2.75) is 26.5 Å². The molecule has 1 saturated heterocycles. The summed E-state index contributed by atoms with van der Waals surface area (Å²) in [5.41, 5.74) is 2.96. The zero-order chi connectivity index (χ0) is 21.2. The molecule has 0 saturated carbocycles. The van der Waals surface area contributed by atoms with E-state index in [0.29, 0.717) is 24.6 Å². The van der Waals surface area contributed by atoms with Crippen LogP contribution in [-0.4, -0.2) is 50.1 Å². The third kappa shape index (κ3) is 7.81. The Bertz CT molecular complexity index is 827. The number of aliphatic imine (C=N–C) groups is 1. The largest absolute Gasteiger partial charge is 0.376 e. The number of carbonyl (C=O) groups is 1. The number of nitrogens with one attached hydrogen (secondary N) is 2. The Hall–Kier alpha value is -2.13. The van der Waals surface area contributed by atoms with Crippen LogP contribution in [0.3, 0.4) is 0 Å². The predicted octanol–water partition coefficient (Wildman–Crippen LogP) is 3.67. The molecule has 168 valence electrons. The van der Waals surface area contributed by atoms with E-state index < -0.39 is 0 Å². The maximum Gasteiger partial charge on any atom is 0.251 e. The summed E-state index contributed by atoms with van der Waals surface area (Å²) in [6, 6.07) is 17.9. The van der Waals surface area contributed by atoms with Gasteiger partial charge in [-0.25, -0.2) is 4.99 Å². The van der Waals surface area contributed by atoms with E-state index in [9.17, 15) is 4.79 Å². The van der Waals surface area contributed by atoms with Gasteiger partial charge in [-0.05, 0) is 36.6 Å². The first kappa shape index (κ1) is 25.1. The Morgan fingerprint density at radius 2 is 1.87 bits per heavy atom. The Morgan fingerprint density at radius 1 is 1.13 bits per heavy atom. The summed E-state index contributed by atoms with van der Waals surface area (Å²) in [5.74, 6) is 1.39. The first-order valence-corrected chi connectivity index (χ1v) is 10.7. The van der Waals surface area contributed by atoms with Crippen LogP contribution in [-0.2, 0) is 17.9 Å². The van der Waals surface area contributed by atoms with Crippen molar-refractivity contribution >= 4 is 35.8 Å². The van der Waals surface area contributed by atoms with Crippen LogP contribution in [0, 0.1) is 5.92 Å². The lowest BCUT2D eigenvalue weighted by Crippen LogP contribution is -2.40. The molecule has 1 aliphatic rings. The fourth-order valence-corrected chi connectivity index (χ4v) is 3.58. The Morgan fingerprint density at radius 3 is 2.55 bits per heavy atom. The van der Waals surface area contributed by atoms with E-state index in [-0.39, 0.29) is 29.9 Å². The second-order valence-electron chi connectivity index (χ2n) is 7.55. The van der Waals surface area contributed by atoms with Gasteiger partial charge in [-0.15, -0.1) is 24.0 Å². The van der Waals surface area contributed by atoms with E-state index in [1.54, 1.807) is 7.05 Å². The van der Waals surface area contributed by atoms with Gasteiger partial charge in [0.15, 0.2) is 5.96 Å². The average Bonchev–Trinajstić information content (AvgIpc) is 3.26. The molecule has 1 fully saturated rings. The Kier molecular flexibility index (Phi) is 10.8. The number of likely N-dealkylation sites (tertiary alicyclic amines) is 1. The van der Waals surface area contributed by atoms with E-state index in [1.807, 2.05) is 42.5 Å². The van der Waals surface area contributed by atoms with Crippen LogP contribution in [0.1, 0.15) is 34.8 Å². The lowest BCUT2D eigenvalue weighted by molar-refractivity contribution is 0.0906. The zero-order valence-corrected chi connectivity index (χ0v) is 20.7. The van der Waals surface area contributed by atoms with Crippen molar-refractivity contribution in [3.63, 3.8) is 0 Å². The predicted molar refractivity (Wildman–Crippen MR) is 136 cm³/mol. The number of nitrogens with zero attached hydrogens (tertiary/aromatic N) is 2. The van der Waals surface area contributed by atoms with Gasteiger partial charge in [-0.1, -0.05) is 42.5 Å². The first-order chi connectivity index (χ1) is 14.7. The van der Waals surface area contributed by atoms with Crippen LogP contribution in [0.2, 0.25) is 0 Å². The molecule has 0 radical (unpaired) electrons. The fraction of sp³-hybridized carbons (Fsp3) is 0.417. The van der Waals surface area contributed by atoms with Gasteiger partial charge >= 0.3 is 0 Å². The van der Waals surface area contributed by atoms with E-state index in [0.717, 1.165) is 44.2 Å². The molecule has 2 aromatic carbocycles. The number of guanidine groups is 1. The SMILES string of the molecule is CCNC(=NCc1ccc(C(=O)NC)cc1)N1CCC(COCc2ccccc2)C1.I. The molecule has 7 heteroatoms.